The van der Waals surface area contributed by atoms with Crippen LogP contribution < -0.4 is 16.2 Å². The fraction of sp³-hybridized carbons (Fsp3) is 0.280. The van der Waals surface area contributed by atoms with Crippen molar-refractivity contribution in [3.63, 3.8) is 0 Å². The van der Waals surface area contributed by atoms with Gasteiger partial charge < -0.3 is 15.4 Å². The van der Waals surface area contributed by atoms with Crippen molar-refractivity contribution >= 4 is 34.8 Å². The van der Waals surface area contributed by atoms with E-state index in [0.29, 0.717) is 22.0 Å². The molecule has 2 aromatic carbocycles. The quantitative estimate of drug-likeness (QED) is 0.466. The Morgan fingerprint density at radius 3 is 2.56 bits per heavy atom. The Balaban J connectivity index is 1.57. The van der Waals surface area contributed by atoms with Gasteiger partial charge in [0.1, 0.15) is 11.6 Å². The molecule has 3 N–H and O–H groups in total. The fourth-order valence-electron chi connectivity index (χ4n) is 4.06. The van der Waals surface area contributed by atoms with E-state index in [9.17, 15) is 14.9 Å². The SMILES string of the molecule is COC1CCC(C(=O)Nc2cccc(-c3nc(Nc4ccc(Cl)cc4)[nH]c(=O)c3C#N)c2)CC1. The van der Waals surface area contributed by atoms with Gasteiger partial charge in [0.05, 0.1) is 11.8 Å². The van der Waals surface area contributed by atoms with E-state index in [2.05, 4.69) is 20.6 Å². The number of hydrogen-bond acceptors (Lipinski definition) is 6. The van der Waals surface area contributed by atoms with Crippen molar-refractivity contribution in [3.8, 4) is 17.3 Å². The summed E-state index contributed by atoms with van der Waals surface area (Å²) in [6, 6.07) is 15.8. The van der Waals surface area contributed by atoms with Gasteiger partial charge in [0, 0.05) is 35.0 Å². The van der Waals surface area contributed by atoms with E-state index in [0.717, 1.165) is 25.7 Å². The maximum absolute atomic E-state index is 12.8. The lowest BCUT2D eigenvalue weighted by Gasteiger charge is -2.26. The lowest BCUT2D eigenvalue weighted by atomic mass is 9.86. The molecule has 3 aromatic rings. The predicted octanol–water partition coefficient (Wildman–Crippen LogP) is 4.85. The molecule has 174 valence electrons. The molecule has 0 atom stereocenters. The first-order valence-corrected chi connectivity index (χ1v) is 11.4. The highest BCUT2D eigenvalue weighted by Crippen LogP contribution is 2.28. The van der Waals surface area contributed by atoms with Gasteiger partial charge in [-0.15, -0.1) is 0 Å². The highest BCUT2D eigenvalue weighted by atomic mass is 35.5. The minimum Gasteiger partial charge on any atom is -0.381 e. The number of carbonyl (C=O) groups is 1. The van der Waals surface area contributed by atoms with Crippen molar-refractivity contribution in [1.82, 2.24) is 9.97 Å². The van der Waals surface area contributed by atoms with Crippen LogP contribution in [0.5, 0.6) is 0 Å². The first-order chi connectivity index (χ1) is 16.5. The second kappa shape index (κ2) is 10.5. The lowest BCUT2D eigenvalue weighted by Crippen LogP contribution is -2.29. The summed E-state index contributed by atoms with van der Waals surface area (Å²) in [5, 5.41) is 16.1. The van der Waals surface area contributed by atoms with E-state index in [1.54, 1.807) is 55.6 Å². The lowest BCUT2D eigenvalue weighted by molar-refractivity contribution is -0.121. The number of nitrogens with zero attached hydrogens (tertiary/aromatic N) is 2. The van der Waals surface area contributed by atoms with E-state index < -0.39 is 5.56 Å². The third-order valence-electron chi connectivity index (χ3n) is 5.92. The van der Waals surface area contributed by atoms with Crippen LogP contribution in [0.15, 0.2) is 53.3 Å². The van der Waals surface area contributed by atoms with E-state index in [4.69, 9.17) is 16.3 Å². The van der Waals surface area contributed by atoms with Crippen molar-refractivity contribution in [1.29, 1.82) is 5.26 Å². The number of halogens is 1. The normalized spacial score (nSPS) is 17.6. The van der Waals surface area contributed by atoms with Crippen LogP contribution in [-0.4, -0.2) is 29.1 Å². The molecule has 34 heavy (non-hydrogen) atoms. The number of nitrogens with one attached hydrogen (secondary N) is 3. The second-order valence-corrected chi connectivity index (χ2v) is 8.60. The summed E-state index contributed by atoms with van der Waals surface area (Å²) in [5.41, 5.74) is 1.35. The van der Waals surface area contributed by atoms with Gasteiger partial charge in [0.2, 0.25) is 11.9 Å². The van der Waals surface area contributed by atoms with Crippen LogP contribution in [-0.2, 0) is 9.53 Å². The third kappa shape index (κ3) is 5.45. The Kier molecular flexibility index (Phi) is 7.26. The summed E-state index contributed by atoms with van der Waals surface area (Å²) >= 11 is 5.93. The summed E-state index contributed by atoms with van der Waals surface area (Å²) in [5.74, 6) is 0.0689. The highest BCUT2D eigenvalue weighted by Gasteiger charge is 2.26. The molecule has 4 rings (SSSR count). The zero-order valence-electron chi connectivity index (χ0n) is 18.6. The molecule has 1 aliphatic rings. The van der Waals surface area contributed by atoms with Crippen molar-refractivity contribution in [2.45, 2.75) is 31.8 Å². The first kappa shape index (κ1) is 23.5. The Morgan fingerprint density at radius 1 is 1.15 bits per heavy atom. The minimum atomic E-state index is -0.562. The van der Waals surface area contributed by atoms with Gasteiger partial charge in [0.15, 0.2) is 0 Å². The monoisotopic (exact) mass is 477 g/mol. The molecule has 0 unspecified atom stereocenters. The molecule has 9 heteroatoms. The number of H-pyrrole nitrogens is 1. The van der Waals surface area contributed by atoms with Gasteiger partial charge in [-0.3, -0.25) is 14.6 Å². The van der Waals surface area contributed by atoms with Crippen LogP contribution in [0.25, 0.3) is 11.3 Å². The second-order valence-electron chi connectivity index (χ2n) is 8.16. The molecule has 0 bridgehead atoms. The number of ether oxygens (including phenoxy) is 1. The van der Waals surface area contributed by atoms with E-state index in [-0.39, 0.29) is 35.1 Å². The largest absolute Gasteiger partial charge is 0.381 e. The summed E-state index contributed by atoms with van der Waals surface area (Å²) < 4.78 is 5.38. The third-order valence-corrected chi connectivity index (χ3v) is 6.17. The smallest absolute Gasteiger partial charge is 0.270 e. The maximum atomic E-state index is 12.8. The Bertz CT molecular complexity index is 1270. The molecular formula is C25H24ClN5O3. The molecule has 1 aromatic heterocycles. The number of carbonyl (C=O) groups excluding carboxylic acids is 1. The summed E-state index contributed by atoms with van der Waals surface area (Å²) in [7, 11) is 1.70. The molecule has 0 aliphatic heterocycles. The van der Waals surface area contributed by atoms with Crippen molar-refractivity contribution in [3.05, 3.63) is 69.5 Å². The van der Waals surface area contributed by atoms with Gasteiger partial charge in [-0.1, -0.05) is 23.7 Å². The predicted molar refractivity (Wildman–Crippen MR) is 131 cm³/mol. The number of amides is 1. The summed E-state index contributed by atoms with van der Waals surface area (Å²) in [6.45, 7) is 0. The van der Waals surface area contributed by atoms with Gasteiger partial charge >= 0.3 is 0 Å². The van der Waals surface area contributed by atoms with Crippen molar-refractivity contribution in [2.24, 2.45) is 5.92 Å². The minimum absolute atomic E-state index is 0.0452. The van der Waals surface area contributed by atoms with Gasteiger partial charge in [-0.25, -0.2) is 4.98 Å². The molecular weight excluding hydrogens is 454 g/mol. The molecule has 1 amide bonds. The van der Waals surface area contributed by atoms with Gasteiger partial charge in [0.25, 0.3) is 5.56 Å². The van der Waals surface area contributed by atoms with Gasteiger partial charge in [-0.2, -0.15) is 5.26 Å². The Labute approximate surface area is 201 Å². The zero-order chi connectivity index (χ0) is 24.1. The van der Waals surface area contributed by atoms with E-state index in [1.165, 1.54) is 0 Å². The number of methoxy groups -OCH3 is 1. The number of anilines is 3. The number of aromatic nitrogens is 2. The number of rotatable bonds is 6. The summed E-state index contributed by atoms with van der Waals surface area (Å²) in [6.07, 6.45) is 3.49. The average Bonchev–Trinajstić information content (AvgIpc) is 2.85. The molecule has 1 aliphatic carbocycles. The Morgan fingerprint density at radius 2 is 1.88 bits per heavy atom. The van der Waals surface area contributed by atoms with Crippen LogP contribution >= 0.6 is 11.6 Å². The highest BCUT2D eigenvalue weighted by molar-refractivity contribution is 6.30. The summed E-state index contributed by atoms with van der Waals surface area (Å²) in [4.78, 5) is 32.4. The first-order valence-electron chi connectivity index (χ1n) is 11.0. The van der Waals surface area contributed by atoms with E-state index in [1.807, 2.05) is 6.07 Å². The number of benzene rings is 2. The van der Waals surface area contributed by atoms with Crippen molar-refractivity contribution in [2.75, 3.05) is 17.7 Å². The van der Waals surface area contributed by atoms with Crippen LogP contribution in [0.1, 0.15) is 31.2 Å². The van der Waals surface area contributed by atoms with Crippen LogP contribution in [0, 0.1) is 17.2 Å². The van der Waals surface area contributed by atoms with E-state index >= 15 is 0 Å². The average molecular weight is 478 g/mol. The number of nitriles is 1. The molecule has 8 nitrogen and oxygen atoms in total. The fourth-order valence-corrected chi connectivity index (χ4v) is 4.19. The van der Waals surface area contributed by atoms with Crippen LogP contribution in [0.3, 0.4) is 0 Å². The standard InChI is InChI=1S/C25H24ClN5O3/c1-34-20-11-5-15(6-12-20)23(32)28-19-4-2-3-16(13-19)22-21(14-27)24(33)31-25(30-22)29-18-9-7-17(26)8-10-18/h2-4,7-10,13,15,20H,5-6,11-12H2,1H3,(H,28,32)(H2,29,30,31,33). The molecule has 0 saturated heterocycles. The van der Waals surface area contributed by atoms with Crippen molar-refractivity contribution < 1.29 is 9.53 Å². The molecule has 1 fully saturated rings. The number of aromatic amines is 1. The van der Waals surface area contributed by atoms with Crippen LogP contribution in [0.4, 0.5) is 17.3 Å². The molecule has 1 heterocycles. The molecule has 0 radical (unpaired) electrons. The maximum Gasteiger partial charge on any atom is 0.270 e. The topological polar surface area (TPSA) is 120 Å². The molecule has 0 spiro atoms. The number of hydrogen-bond donors (Lipinski definition) is 3. The van der Waals surface area contributed by atoms with Crippen LogP contribution in [0.2, 0.25) is 5.02 Å². The zero-order valence-corrected chi connectivity index (χ0v) is 19.4. The van der Waals surface area contributed by atoms with Gasteiger partial charge in [-0.05, 0) is 62.1 Å². The Hall–Kier alpha value is -3.67. The molecule has 1 saturated carbocycles.